The van der Waals surface area contributed by atoms with Gasteiger partial charge in [0.1, 0.15) is 0 Å². The second-order valence-corrected chi connectivity index (χ2v) is 8.53. The largest absolute Gasteiger partial charge is 0.393 e. The molecule has 2 aliphatic rings. The highest BCUT2D eigenvalue weighted by molar-refractivity contribution is 5.21. The highest BCUT2D eigenvalue weighted by atomic mass is 16.3. The van der Waals surface area contributed by atoms with Crippen LogP contribution in [0.4, 0.5) is 0 Å². The second-order valence-electron chi connectivity index (χ2n) is 8.53. The molecule has 3 atom stereocenters. The lowest BCUT2D eigenvalue weighted by Gasteiger charge is -2.35. The van der Waals surface area contributed by atoms with E-state index in [2.05, 4.69) is 47.2 Å². The van der Waals surface area contributed by atoms with E-state index in [-0.39, 0.29) is 6.10 Å². The maximum absolute atomic E-state index is 10.9. The monoisotopic (exact) mass is 358 g/mol. The molecule has 26 heavy (non-hydrogen) atoms. The van der Waals surface area contributed by atoms with Crippen LogP contribution in [0.2, 0.25) is 0 Å². The van der Waals surface area contributed by atoms with Gasteiger partial charge in [-0.2, -0.15) is 0 Å². The first kappa shape index (κ1) is 19.9. The van der Waals surface area contributed by atoms with E-state index in [0.29, 0.717) is 11.8 Å². The van der Waals surface area contributed by atoms with Gasteiger partial charge in [0.2, 0.25) is 0 Å². The molecule has 3 rings (SSSR count). The third-order valence-electron chi connectivity index (χ3n) is 6.61. The van der Waals surface area contributed by atoms with Gasteiger partial charge >= 0.3 is 0 Å². The Morgan fingerprint density at radius 1 is 0.962 bits per heavy atom. The average molecular weight is 359 g/mol. The lowest BCUT2D eigenvalue weighted by atomic mass is 9.74. The van der Waals surface area contributed by atoms with Gasteiger partial charge in [-0.15, -0.1) is 0 Å². The molecule has 0 radical (unpaired) electrons. The van der Waals surface area contributed by atoms with Crippen molar-refractivity contribution in [1.29, 1.82) is 0 Å². The fourth-order valence-electron chi connectivity index (χ4n) is 4.90. The molecule has 0 amide bonds. The smallest absolute Gasteiger partial charge is 0.0574 e. The van der Waals surface area contributed by atoms with Crippen LogP contribution in [0.15, 0.2) is 30.3 Å². The standard InChI is InChI=1S/C23H38N2O/c1-24-16-18-25(19-17-24)15-9-13-21(20-10-5-4-6-11-20)22-12-7-2-3-8-14-23(22)26/h4-6,10-11,21-23,26H,2-3,7-9,12-19H2,1H3. The molecule has 0 bridgehead atoms. The van der Waals surface area contributed by atoms with E-state index in [9.17, 15) is 5.11 Å². The molecule has 1 N–H and O–H groups in total. The Labute approximate surface area is 160 Å². The maximum Gasteiger partial charge on any atom is 0.0574 e. The lowest BCUT2D eigenvalue weighted by Crippen LogP contribution is -2.44. The summed E-state index contributed by atoms with van der Waals surface area (Å²) in [6, 6.07) is 11.0. The number of aliphatic hydroxyl groups excluding tert-OH is 1. The molecule has 1 saturated carbocycles. The molecule has 2 fully saturated rings. The summed E-state index contributed by atoms with van der Waals surface area (Å²) < 4.78 is 0. The van der Waals surface area contributed by atoms with Crippen molar-refractivity contribution in [3.8, 4) is 0 Å². The SMILES string of the molecule is CN1CCN(CCCC(c2ccccc2)C2CCCCCCC2O)CC1. The molecule has 1 aliphatic heterocycles. The van der Waals surface area contributed by atoms with E-state index in [1.165, 1.54) is 83.2 Å². The highest BCUT2D eigenvalue weighted by Gasteiger charge is 2.29. The molecule has 1 saturated heterocycles. The van der Waals surface area contributed by atoms with Gasteiger partial charge in [0, 0.05) is 26.2 Å². The van der Waals surface area contributed by atoms with Gasteiger partial charge in [-0.1, -0.05) is 56.0 Å². The Bertz CT molecular complexity index is 498. The van der Waals surface area contributed by atoms with Crippen LogP contribution in [0, 0.1) is 5.92 Å². The van der Waals surface area contributed by atoms with E-state index in [0.717, 1.165) is 6.42 Å². The van der Waals surface area contributed by atoms with Gasteiger partial charge in [-0.3, -0.25) is 0 Å². The number of likely N-dealkylation sites (N-methyl/N-ethyl adjacent to an activating group) is 1. The molecule has 146 valence electrons. The molecule has 1 aromatic carbocycles. The van der Waals surface area contributed by atoms with Gasteiger partial charge in [0.15, 0.2) is 0 Å². The summed E-state index contributed by atoms with van der Waals surface area (Å²) >= 11 is 0. The van der Waals surface area contributed by atoms with Gasteiger partial charge in [-0.25, -0.2) is 0 Å². The van der Waals surface area contributed by atoms with E-state index in [1.807, 2.05) is 0 Å². The third kappa shape index (κ3) is 5.80. The Hall–Kier alpha value is -0.900. The number of piperazine rings is 1. The maximum atomic E-state index is 10.9. The van der Waals surface area contributed by atoms with Crippen LogP contribution in [0.25, 0.3) is 0 Å². The molecule has 0 aromatic heterocycles. The zero-order valence-corrected chi connectivity index (χ0v) is 16.7. The van der Waals surface area contributed by atoms with Crippen molar-refractivity contribution in [3.05, 3.63) is 35.9 Å². The van der Waals surface area contributed by atoms with Crippen LogP contribution in [0.1, 0.15) is 62.8 Å². The number of aliphatic hydroxyl groups is 1. The Morgan fingerprint density at radius 3 is 2.38 bits per heavy atom. The molecule has 0 spiro atoms. The first-order valence-electron chi connectivity index (χ1n) is 10.9. The van der Waals surface area contributed by atoms with Crippen molar-refractivity contribution in [3.63, 3.8) is 0 Å². The van der Waals surface area contributed by atoms with Crippen LogP contribution < -0.4 is 0 Å². The Morgan fingerprint density at radius 2 is 1.65 bits per heavy atom. The fourth-order valence-corrected chi connectivity index (χ4v) is 4.90. The lowest BCUT2D eigenvalue weighted by molar-refractivity contribution is 0.0647. The minimum atomic E-state index is -0.121. The zero-order chi connectivity index (χ0) is 18.2. The summed E-state index contributed by atoms with van der Waals surface area (Å²) in [5.74, 6) is 0.946. The minimum absolute atomic E-state index is 0.121. The zero-order valence-electron chi connectivity index (χ0n) is 16.7. The number of rotatable bonds is 6. The van der Waals surface area contributed by atoms with Gasteiger partial charge in [0.05, 0.1) is 6.10 Å². The van der Waals surface area contributed by atoms with Crippen molar-refractivity contribution in [2.75, 3.05) is 39.8 Å². The molecule has 1 aromatic rings. The molecule has 1 aliphatic carbocycles. The van der Waals surface area contributed by atoms with Crippen molar-refractivity contribution in [2.24, 2.45) is 5.92 Å². The number of hydrogen-bond acceptors (Lipinski definition) is 3. The minimum Gasteiger partial charge on any atom is -0.393 e. The number of nitrogens with zero attached hydrogens (tertiary/aromatic N) is 2. The predicted octanol–water partition coefficient (Wildman–Crippen LogP) is 4.13. The fraction of sp³-hybridized carbons (Fsp3) is 0.739. The molecular formula is C23H38N2O. The Balaban J connectivity index is 1.61. The van der Waals surface area contributed by atoms with Gasteiger partial charge in [-0.05, 0) is 56.7 Å². The van der Waals surface area contributed by atoms with Crippen molar-refractivity contribution in [1.82, 2.24) is 9.80 Å². The second kappa shape index (κ2) is 10.4. The van der Waals surface area contributed by atoms with Gasteiger partial charge in [0.25, 0.3) is 0 Å². The predicted molar refractivity (Wildman–Crippen MR) is 110 cm³/mol. The van der Waals surface area contributed by atoms with Crippen LogP contribution in [0.5, 0.6) is 0 Å². The Kier molecular flexibility index (Phi) is 7.97. The van der Waals surface area contributed by atoms with Crippen LogP contribution in [-0.4, -0.2) is 60.8 Å². The van der Waals surface area contributed by atoms with Crippen LogP contribution in [-0.2, 0) is 0 Å². The number of hydrogen-bond donors (Lipinski definition) is 1. The molecular weight excluding hydrogens is 320 g/mol. The summed E-state index contributed by atoms with van der Waals surface area (Å²) in [7, 11) is 2.22. The van der Waals surface area contributed by atoms with Crippen molar-refractivity contribution >= 4 is 0 Å². The highest BCUT2D eigenvalue weighted by Crippen LogP contribution is 2.37. The van der Waals surface area contributed by atoms with E-state index in [4.69, 9.17) is 0 Å². The molecule has 3 unspecified atom stereocenters. The molecule has 3 heteroatoms. The van der Waals surface area contributed by atoms with Crippen LogP contribution in [0.3, 0.4) is 0 Å². The van der Waals surface area contributed by atoms with E-state index in [1.54, 1.807) is 0 Å². The summed E-state index contributed by atoms with van der Waals surface area (Å²) in [6.45, 7) is 6.02. The average Bonchev–Trinajstić information content (AvgIpc) is 2.65. The summed E-state index contributed by atoms with van der Waals surface area (Å²) in [4.78, 5) is 5.05. The van der Waals surface area contributed by atoms with Crippen molar-refractivity contribution in [2.45, 2.75) is 63.4 Å². The van der Waals surface area contributed by atoms with Crippen LogP contribution >= 0.6 is 0 Å². The molecule has 1 heterocycles. The first-order chi connectivity index (χ1) is 12.7. The summed E-state index contributed by atoms with van der Waals surface area (Å²) in [5.41, 5.74) is 1.44. The van der Waals surface area contributed by atoms with E-state index < -0.39 is 0 Å². The van der Waals surface area contributed by atoms with E-state index >= 15 is 0 Å². The summed E-state index contributed by atoms with van der Waals surface area (Å²) in [6.07, 6.45) is 9.62. The normalized spacial score (nSPS) is 27.6. The first-order valence-corrected chi connectivity index (χ1v) is 10.9. The van der Waals surface area contributed by atoms with Crippen molar-refractivity contribution < 1.29 is 5.11 Å². The topological polar surface area (TPSA) is 26.7 Å². The number of benzene rings is 1. The van der Waals surface area contributed by atoms with Gasteiger partial charge < -0.3 is 14.9 Å². The third-order valence-corrected chi connectivity index (χ3v) is 6.61. The quantitative estimate of drug-likeness (QED) is 0.828. The summed E-state index contributed by atoms with van der Waals surface area (Å²) in [5, 5.41) is 10.9. The molecule has 3 nitrogen and oxygen atoms in total.